The van der Waals surface area contributed by atoms with E-state index in [0.717, 1.165) is 24.2 Å². The summed E-state index contributed by atoms with van der Waals surface area (Å²) in [5, 5.41) is 2.50. The van der Waals surface area contributed by atoms with Crippen molar-refractivity contribution in [1.82, 2.24) is 16.2 Å². The van der Waals surface area contributed by atoms with E-state index in [1.54, 1.807) is 25.3 Å². The van der Waals surface area contributed by atoms with Crippen LogP contribution in [0.4, 0.5) is 0 Å². The van der Waals surface area contributed by atoms with E-state index in [4.69, 9.17) is 17.0 Å². The minimum Gasteiger partial charge on any atom is -0.497 e. The van der Waals surface area contributed by atoms with E-state index in [2.05, 4.69) is 16.2 Å². The highest BCUT2D eigenvalue weighted by Gasteiger charge is 2.29. The highest BCUT2D eigenvalue weighted by Crippen LogP contribution is 2.28. The molecule has 0 atom stereocenters. The Hall–Kier alpha value is -2.41. The standard InChI is InChI=1S/C15H17N3O3S/c1-21-12-7-2-10(3-8-12)4-9-13(19)16-15(22)18-17-14(20)11-5-6-11/h2-4,7-9,11H,5-6H2,1H3,(H,17,20)(H2,16,18,19,22). The molecule has 7 heteroatoms. The first-order chi connectivity index (χ1) is 10.6. The number of nitrogens with one attached hydrogen (secondary N) is 3. The Morgan fingerprint density at radius 1 is 1.23 bits per heavy atom. The van der Waals surface area contributed by atoms with Gasteiger partial charge in [-0.15, -0.1) is 0 Å². The Morgan fingerprint density at radius 2 is 1.91 bits per heavy atom. The lowest BCUT2D eigenvalue weighted by molar-refractivity contribution is -0.123. The normalized spacial score (nSPS) is 13.5. The van der Waals surface area contributed by atoms with E-state index < -0.39 is 0 Å². The first kappa shape index (κ1) is 16.0. The Balaban J connectivity index is 1.74. The van der Waals surface area contributed by atoms with Crippen molar-refractivity contribution < 1.29 is 14.3 Å². The van der Waals surface area contributed by atoms with Crippen LogP contribution < -0.4 is 20.9 Å². The summed E-state index contributed by atoms with van der Waals surface area (Å²) in [7, 11) is 1.59. The second kappa shape index (κ2) is 7.56. The van der Waals surface area contributed by atoms with E-state index >= 15 is 0 Å². The van der Waals surface area contributed by atoms with Gasteiger partial charge in [-0.3, -0.25) is 25.8 Å². The Bertz CT molecular complexity index is 595. The third-order valence-electron chi connectivity index (χ3n) is 3.03. The summed E-state index contributed by atoms with van der Waals surface area (Å²) < 4.78 is 5.05. The molecule has 0 saturated heterocycles. The van der Waals surface area contributed by atoms with Gasteiger partial charge in [0.25, 0.3) is 0 Å². The molecular formula is C15H17N3O3S. The number of carbonyl (C=O) groups is 2. The average molecular weight is 319 g/mol. The van der Waals surface area contributed by atoms with E-state index in [0.29, 0.717) is 0 Å². The van der Waals surface area contributed by atoms with Crippen LogP contribution in [0.15, 0.2) is 30.3 Å². The molecule has 22 heavy (non-hydrogen) atoms. The molecule has 2 rings (SSSR count). The van der Waals surface area contributed by atoms with Gasteiger partial charge in [-0.05, 0) is 48.8 Å². The maximum absolute atomic E-state index is 11.7. The summed E-state index contributed by atoms with van der Waals surface area (Å²) in [5.41, 5.74) is 5.81. The lowest BCUT2D eigenvalue weighted by atomic mass is 10.2. The molecule has 116 valence electrons. The van der Waals surface area contributed by atoms with Gasteiger partial charge in [-0.2, -0.15) is 0 Å². The lowest BCUT2D eigenvalue weighted by Crippen LogP contribution is -2.48. The number of hydrazine groups is 1. The summed E-state index contributed by atoms with van der Waals surface area (Å²) in [6, 6.07) is 7.26. The fourth-order valence-electron chi connectivity index (χ4n) is 1.64. The second-order valence-electron chi connectivity index (χ2n) is 4.81. The summed E-state index contributed by atoms with van der Waals surface area (Å²) in [5.74, 6) is 0.332. The molecule has 2 amide bonds. The van der Waals surface area contributed by atoms with E-state index in [1.165, 1.54) is 6.08 Å². The Morgan fingerprint density at radius 3 is 2.50 bits per heavy atom. The van der Waals surface area contributed by atoms with Gasteiger partial charge in [0.2, 0.25) is 11.8 Å². The zero-order valence-electron chi connectivity index (χ0n) is 12.1. The van der Waals surface area contributed by atoms with Gasteiger partial charge in [0.15, 0.2) is 5.11 Å². The predicted octanol–water partition coefficient (Wildman–Crippen LogP) is 1.14. The van der Waals surface area contributed by atoms with Crippen LogP contribution in [0.1, 0.15) is 18.4 Å². The van der Waals surface area contributed by atoms with Crippen molar-refractivity contribution in [1.29, 1.82) is 0 Å². The largest absolute Gasteiger partial charge is 0.497 e. The summed E-state index contributed by atoms with van der Waals surface area (Å²) >= 11 is 4.91. The first-order valence-electron chi connectivity index (χ1n) is 6.81. The number of thiocarbonyl (C=S) groups is 1. The Labute approximate surface area is 133 Å². The predicted molar refractivity (Wildman–Crippen MR) is 86.8 cm³/mol. The third kappa shape index (κ3) is 5.17. The van der Waals surface area contributed by atoms with Crippen molar-refractivity contribution in [2.75, 3.05) is 7.11 Å². The molecule has 0 aromatic heterocycles. The number of ether oxygens (including phenoxy) is 1. The van der Waals surface area contributed by atoms with Crippen molar-refractivity contribution in [3.8, 4) is 5.75 Å². The molecule has 1 aromatic carbocycles. The fourth-order valence-corrected chi connectivity index (χ4v) is 1.79. The number of hydrogen-bond donors (Lipinski definition) is 3. The Kier molecular flexibility index (Phi) is 5.48. The van der Waals surface area contributed by atoms with Crippen LogP contribution in [0.5, 0.6) is 5.75 Å². The van der Waals surface area contributed by atoms with Gasteiger partial charge in [0.1, 0.15) is 5.75 Å². The van der Waals surface area contributed by atoms with Crippen molar-refractivity contribution in [2.45, 2.75) is 12.8 Å². The first-order valence-corrected chi connectivity index (χ1v) is 7.22. The molecule has 1 aliphatic rings. The number of rotatable bonds is 4. The van der Waals surface area contributed by atoms with Crippen LogP contribution in [0.3, 0.4) is 0 Å². The van der Waals surface area contributed by atoms with Crippen molar-refractivity contribution >= 4 is 35.2 Å². The molecule has 0 heterocycles. The van der Waals surface area contributed by atoms with Gasteiger partial charge in [0.05, 0.1) is 7.11 Å². The third-order valence-corrected chi connectivity index (χ3v) is 3.23. The lowest BCUT2D eigenvalue weighted by Gasteiger charge is -2.08. The van der Waals surface area contributed by atoms with Gasteiger partial charge in [-0.1, -0.05) is 12.1 Å². The molecule has 0 unspecified atom stereocenters. The van der Waals surface area contributed by atoms with E-state index in [1.807, 2.05) is 12.1 Å². The summed E-state index contributed by atoms with van der Waals surface area (Å²) in [6.07, 6.45) is 4.81. The topological polar surface area (TPSA) is 79.5 Å². The molecular weight excluding hydrogens is 302 g/mol. The van der Waals surface area contributed by atoms with Crippen LogP contribution in [-0.2, 0) is 9.59 Å². The fraction of sp³-hybridized carbons (Fsp3) is 0.267. The van der Waals surface area contributed by atoms with Gasteiger partial charge in [-0.25, -0.2) is 0 Å². The zero-order valence-corrected chi connectivity index (χ0v) is 12.9. The van der Waals surface area contributed by atoms with E-state index in [-0.39, 0.29) is 22.8 Å². The van der Waals surface area contributed by atoms with Gasteiger partial charge in [0, 0.05) is 12.0 Å². The van der Waals surface area contributed by atoms with Crippen LogP contribution in [-0.4, -0.2) is 24.0 Å². The molecule has 3 N–H and O–H groups in total. The molecule has 1 aliphatic carbocycles. The highest BCUT2D eigenvalue weighted by molar-refractivity contribution is 7.80. The smallest absolute Gasteiger partial charge is 0.250 e. The molecule has 0 aliphatic heterocycles. The van der Waals surface area contributed by atoms with E-state index in [9.17, 15) is 9.59 Å². The maximum atomic E-state index is 11.7. The van der Waals surface area contributed by atoms with Crippen molar-refractivity contribution in [3.05, 3.63) is 35.9 Å². The minimum absolute atomic E-state index is 0.0541. The number of benzene rings is 1. The molecule has 0 spiro atoms. The van der Waals surface area contributed by atoms with Crippen molar-refractivity contribution in [3.63, 3.8) is 0 Å². The minimum atomic E-state index is -0.381. The second-order valence-corrected chi connectivity index (χ2v) is 5.22. The SMILES string of the molecule is COc1ccc(C=CC(=O)NC(=S)NNC(=O)C2CC2)cc1. The zero-order chi connectivity index (χ0) is 15.9. The monoisotopic (exact) mass is 319 g/mol. The van der Waals surface area contributed by atoms with Crippen LogP contribution >= 0.6 is 12.2 Å². The maximum Gasteiger partial charge on any atom is 0.250 e. The summed E-state index contributed by atoms with van der Waals surface area (Å²) in [6.45, 7) is 0. The number of amides is 2. The molecule has 1 aromatic rings. The van der Waals surface area contributed by atoms with Crippen LogP contribution in [0, 0.1) is 5.92 Å². The number of methoxy groups -OCH3 is 1. The van der Waals surface area contributed by atoms with Crippen molar-refractivity contribution in [2.24, 2.45) is 5.92 Å². The highest BCUT2D eigenvalue weighted by atomic mass is 32.1. The molecule has 6 nitrogen and oxygen atoms in total. The van der Waals surface area contributed by atoms with Gasteiger partial charge < -0.3 is 4.74 Å². The molecule has 0 bridgehead atoms. The quantitative estimate of drug-likeness (QED) is 0.441. The summed E-state index contributed by atoms with van der Waals surface area (Å²) in [4.78, 5) is 23.1. The number of carbonyl (C=O) groups excluding carboxylic acids is 2. The molecule has 0 radical (unpaired) electrons. The van der Waals surface area contributed by atoms with Crippen LogP contribution in [0.2, 0.25) is 0 Å². The molecule has 1 saturated carbocycles. The molecule has 1 fully saturated rings. The van der Waals surface area contributed by atoms with Crippen LogP contribution in [0.25, 0.3) is 6.08 Å². The average Bonchev–Trinajstić information content (AvgIpc) is 3.36. The van der Waals surface area contributed by atoms with Gasteiger partial charge >= 0.3 is 0 Å². The number of hydrogen-bond acceptors (Lipinski definition) is 4.